The number of halogens is 2. The Hall–Kier alpha value is -1.55. The molecule has 2 nitrogen and oxygen atoms in total. The van der Waals surface area contributed by atoms with E-state index in [1.807, 2.05) is 19.1 Å². The quantitative estimate of drug-likeness (QED) is 0.793. The van der Waals surface area contributed by atoms with Gasteiger partial charge in [0.1, 0.15) is 5.82 Å². The van der Waals surface area contributed by atoms with Crippen molar-refractivity contribution in [2.45, 2.75) is 6.92 Å². The second kappa shape index (κ2) is 4.75. The summed E-state index contributed by atoms with van der Waals surface area (Å²) in [5.74, 6) is -0.737. The number of aromatic nitrogens is 1. The molecule has 0 aliphatic rings. The lowest BCUT2D eigenvalue weighted by Gasteiger charge is -2.05. The van der Waals surface area contributed by atoms with Gasteiger partial charge in [-0.15, -0.1) is 0 Å². The SMILES string of the molecule is Cc1ccc(Br)cc1C(=O)c1cncc(F)c1. The van der Waals surface area contributed by atoms with Crippen molar-refractivity contribution in [2.24, 2.45) is 0 Å². The molecule has 86 valence electrons. The molecule has 0 spiro atoms. The minimum Gasteiger partial charge on any atom is -0.289 e. The van der Waals surface area contributed by atoms with E-state index in [0.717, 1.165) is 16.2 Å². The van der Waals surface area contributed by atoms with Gasteiger partial charge in [-0.3, -0.25) is 9.78 Å². The fourth-order valence-electron chi connectivity index (χ4n) is 1.53. The van der Waals surface area contributed by atoms with Crippen LogP contribution in [0.25, 0.3) is 0 Å². The van der Waals surface area contributed by atoms with Crippen LogP contribution in [0.1, 0.15) is 21.5 Å². The fraction of sp³-hybridized carbons (Fsp3) is 0.0769. The lowest BCUT2D eigenvalue weighted by Crippen LogP contribution is -2.04. The maximum atomic E-state index is 13.0. The van der Waals surface area contributed by atoms with Crippen LogP contribution in [0, 0.1) is 12.7 Å². The van der Waals surface area contributed by atoms with E-state index < -0.39 is 5.82 Å². The van der Waals surface area contributed by atoms with Gasteiger partial charge in [0.05, 0.1) is 6.20 Å². The zero-order chi connectivity index (χ0) is 12.4. The molecule has 0 saturated carbocycles. The van der Waals surface area contributed by atoms with Crippen molar-refractivity contribution in [3.63, 3.8) is 0 Å². The molecule has 0 radical (unpaired) electrons. The number of pyridine rings is 1. The Kier molecular flexibility index (Phi) is 3.33. The summed E-state index contributed by atoms with van der Waals surface area (Å²) in [5, 5.41) is 0. The average Bonchev–Trinajstić information content (AvgIpc) is 2.31. The molecule has 4 heteroatoms. The Morgan fingerprint density at radius 1 is 1.29 bits per heavy atom. The summed E-state index contributed by atoms with van der Waals surface area (Å²) >= 11 is 3.31. The monoisotopic (exact) mass is 293 g/mol. The number of hydrogen-bond acceptors (Lipinski definition) is 2. The first-order chi connectivity index (χ1) is 8.08. The van der Waals surface area contributed by atoms with Gasteiger partial charge in [0.15, 0.2) is 5.78 Å². The summed E-state index contributed by atoms with van der Waals surface area (Å²) in [4.78, 5) is 15.8. The van der Waals surface area contributed by atoms with E-state index in [-0.39, 0.29) is 11.3 Å². The Labute approximate surface area is 107 Å². The third-order valence-electron chi connectivity index (χ3n) is 2.41. The fourth-order valence-corrected chi connectivity index (χ4v) is 1.89. The van der Waals surface area contributed by atoms with Crippen LogP contribution in [0.5, 0.6) is 0 Å². The highest BCUT2D eigenvalue weighted by atomic mass is 79.9. The highest BCUT2D eigenvalue weighted by Crippen LogP contribution is 2.19. The van der Waals surface area contributed by atoms with Gasteiger partial charge < -0.3 is 0 Å². The number of rotatable bonds is 2. The van der Waals surface area contributed by atoms with Gasteiger partial charge in [0.25, 0.3) is 0 Å². The highest BCUT2D eigenvalue weighted by Gasteiger charge is 2.13. The number of benzene rings is 1. The molecule has 0 atom stereocenters. The maximum Gasteiger partial charge on any atom is 0.194 e. The molecule has 0 aliphatic heterocycles. The second-order valence-electron chi connectivity index (χ2n) is 3.68. The Morgan fingerprint density at radius 3 is 2.76 bits per heavy atom. The first-order valence-corrected chi connectivity index (χ1v) is 5.78. The summed E-state index contributed by atoms with van der Waals surface area (Å²) in [5.41, 5.74) is 1.65. The molecule has 2 rings (SSSR count). The molecule has 0 saturated heterocycles. The van der Waals surface area contributed by atoms with Crippen molar-refractivity contribution in [1.82, 2.24) is 4.98 Å². The van der Waals surface area contributed by atoms with E-state index in [1.54, 1.807) is 6.07 Å². The highest BCUT2D eigenvalue weighted by molar-refractivity contribution is 9.10. The van der Waals surface area contributed by atoms with Crippen LogP contribution in [0.3, 0.4) is 0 Å². The topological polar surface area (TPSA) is 30.0 Å². The number of ketones is 1. The average molecular weight is 294 g/mol. The van der Waals surface area contributed by atoms with E-state index in [1.165, 1.54) is 12.3 Å². The van der Waals surface area contributed by atoms with Gasteiger partial charge in [-0.25, -0.2) is 4.39 Å². The minimum atomic E-state index is -0.511. The van der Waals surface area contributed by atoms with Crippen molar-refractivity contribution >= 4 is 21.7 Å². The van der Waals surface area contributed by atoms with Gasteiger partial charge in [-0.05, 0) is 30.7 Å². The molecule has 2 aromatic rings. The zero-order valence-electron chi connectivity index (χ0n) is 9.08. The predicted molar refractivity (Wildman–Crippen MR) is 66.5 cm³/mol. The molecular weight excluding hydrogens is 285 g/mol. The Bertz CT molecular complexity index is 583. The number of carbonyl (C=O) groups excluding carboxylic acids is 1. The molecule has 0 fully saturated rings. The number of carbonyl (C=O) groups is 1. The first-order valence-electron chi connectivity index (χ1n) is 4.99. The van der Waals surface area contributed by atoms with Crippen LogP contribution in [0.2, 0.25) is 0 Å². The van der Waals surface area contributed by atoms with Crippen LogP contribution < -0.4 is 0 Å². The molecular formula is C13H9BrFNO. The Morgan fingerprint density at radius 2 is 2.06 bits per heavy atom. The molecule has 0 N–H and O–H groups in total. The zero-order valence-corrected chi connectivity index (χ0v) is 10.7. The van der Waals surface area contributed by atoms with Gasteiger partial charge in [0, 0.05) is 21.8 Å². The first kappa shape index (κ1) is 11.9. The molecule has 0 aliphatic carbocycles. The molecule has 1 heterocycles. The van der Waals surface area contributed by atoms with Crippen LogP contribution >= 0.6 is 15.9 Å². The number of hydrogen-bond donors (Lipinski definition) is 0. The van der Waals surface area contributed by atoms with E-state index in [0.29, 0.717) is 5.56 Å². The van der Waals surface area contributed by atoms with Gasteiger partial charge >= 0.3 is 0 Å². The summed E-state index contributed by atoms with van der Waals surface area (Å²) < 4.78 is 13.8. The van der Waals surface area contributed by atoms with E-state index in [9.17, 15) is 9.18 Å². The molecule has 17 heavy (non-hydrogen) atoms. The standard InChI is InChI=1S/C13H9BrFNO/c1-8-2-3-10(14)5-12(8)13(17)9-4-11(15)7-16-6-9/h2-7H,1H3. The van der Waals surface area contributed by atoms with Crippen LogP contribution in [-0.2, 0) is 0 Å². The summed E-state index contributed by atoms with van der Waals surface area (Å²) in [6.45, 7) is 1.84. The Balaban J connectivity index is 2.47. The van der Waals surface area contributed by atoms with Crippen molar-refractivity contribution < 1.29 is 9.18 Å². The van der Waals surface area contributed by atoms with Gasteiger partial charge in [-0.2, -0.15) is 0 Å². The molecule has 1 aromatic carbocycles. The third-order valence-corrected chi connectivity index (χ3v) is 2.90. The number of nitrogens with zero attached hydrogens (tertiary/aromatic N) is 1. The molecule has 0 amide bonds. The maximum absolute atomic E-state index is 13.0. The summed E-state index contributed by atoms with van der Waals surface area (Å²) in [7, 11) is 0. The summed E-state index contributed by atoms with van der Waals surface area (Å²) in [6.07, 6.45) is 2.44. The molecule has 0 unspecified atom stereocenters. The van der Waals surface area contributed by atoms with Crippen LogP contribution in [0.4, 0.5) is 4.39 Å². The lowest BCUT2D eigenvalue weighted by atomic mass is 10.0. The summed E-state index contributed by atoms with van der Waals surface area (Å²) in [6, 6.07) is 6.61. The van der Waals surface area contributed by atoms with Crippen molar-refractivity contribution in [1.29, 1.82) is 0 Å². The normalized spacial score (nSPS) is 10.3. The van der Waals surface area contributed by atoms with E-state index in [2.05, 4.69) is 20.9 Å². The largest absolute Gasteiger partial charge is 0.289 e. The smallest absolute Gasteiger partial charge is 0.194 e. The predicted octanol–water partition coefficient (Wildman–Crippen LogP) is 3.52. The van der Waals surface area contributed by atoms with E-state index in [4.69, 9.17) is 0 Å². The van der Waals surface area contributed by atoms with E-state index >= 15 is 0 Å². The molecule has 1 aromatic heterocycles. The number of aryl methyl sites for hydroxylation is 1. The minimum absolute atomic E-state index is 0.226. The third kappa shape index (κ3) is 2.58. The second-order valence-corrected chi connectivity index (χ2v) is 4.60. The molecule has 0 bridgehead atoms. The van der Waals surface area contributed by atoms with Crippen molar-refractivity contribution in [2.75, 3.05) is 0 Å². The lowest BCUT2D eigenvalue weighted by molar-refractivity contribution is 0.103. The van der Waals surface area contributed by atoms with Gasteiger partial charge in [-0.1, -0.05) is 22.0 Å². The van der Waals surface area contributed by atoms with Crippen molar-refractivity contribution in [3.8, 4) is 0 Å². The van der Waals surface area contributed by atoms with Crippen molar-refractivity contribution in [3.05, 3.63) is 63.6 Å². The van der Waals surface area contributed by atoms with Crippen LogP contribution in [-0.4, -0.2) is 10.8 Å². The van der Waals surface area contributed by atoms with Crippen LogP contribution in [0.15, 0.2) is 41.1 Å². The van der Waals surface area contributed by atoms with Gasteiger partial charge in [0.2, 0.25) is 0 Å².